The normalized spacial score (nSPS) is 16.4. The number of carbonyl (C=O) groups is 2. The maximum atomic E-state index is 11.5. The van der Waals surface area contributed by atoms with Crippen molar-refractivity contribution in [3.63, 3.8) is 0 Å². The number of rotatable bonds is 10. The lowest BCUT2D eigenvalue weighted by Crippen LogP contribution is -2.34. The average Bonchev–Trinajstić information content (AvgIpc) is 3.25. The van der Waals surface area contributed by atoms with Crippen molar-refractivity contribution in [1.29, 1.82) is 5.26 Å². The van der Waals surface area contributed by atoms with Crippen molar-refractivity contribution in [2.24, 2.45) is 0 Å². The van der Waals surface area contributed by atoms with E-state index >= 15 is 0 Å². The second-order valence-corrected chi connectivity index (χ2v) is 5.73. The number of nitrogens with one attached hydrogen (secondary N) is 1. The van der Waals surface area contributed by atoms with Gasteiger partial charge in [0.1, 0.15) is 6.04 Å². The van der Waals surface area contributed by atoms with Crippen LogP contribution in [0.2, 0.25) is 0 Å². The van der Waals surface area contributed by atoms with E-state index in [0.717, 1.165) is 19.3 Å². The Morgan fingerprint density at radius 3 is 2.19 bits per heavy atom. The van der Waals surface area contributed by atoms with Crippen molar-refractivity contribution in [3.8, 4) is 6.07 Å². The minimum atomic E-state index is -0.428. The fourth-order valence-corrected chi connectivity index (χ4v) is 2.32. The highest BCUT2D eigenvalue weighted by Crippen LogP contribution is 2.15. The van der Waals surface area contributed by atoms with Gasteiger partial charge in [0.15, 0.2) is 0 Å². The van der Waals surface area contributed by atoms with Gasteiger partial charge in [-0.2, -0.15) is 5.26 Å². The van der Waals surface area contributed by atoms with Crippen LogP contribution < -0.4 is 5.32 Å². The minimum Gasteiger partial charge on any atom is -0.303 e. The molecule has 5 heteroatoms. The number of carbonyl (C=O) groups excluding carboxylic acids is 2. The molecule has 0 aromatic heterocycles. The van der Waals surface area contributed by atoms with Crippen LogP contribution in [-0.2, 0) is 4.79 Å². The molecule has 1 N–H and O–H groups in total. The fourth-order valence-electron chi connectivity index (χ4n) is 2.32. The molecule has 0 aliphatic carbocycles. The first-order chi connectivity index (χ1) is 10.2. The summed E-state index contributed by atoms with van der Waals surface area (Å²) in [4.78, 5) is 24.4. The number of unbranched alkanes of at least 4 members (excludes halogenated alkanes) is 8. The van der Waals surface area contributed by atoms with Gasteiger partial charge in [-0.3, -0.25) is 10.1 Å². The van der Waals surface area contributed by atoms with Gasteiger partial charge in [-0.1, -0.05) is 58.3 Å². The van der Waals surface area contributed by atoms with Crippen molar-refractivity contribution in [3.05, 3.63) is 0 Å². The molecule has 0 aromatic carbocycles. The highest BCUT2D eigenvalue weighted by atomic mass is 16.2. The van der Waals surface area contributed by atoms with Gasteiger partial charge < -0.3 is 4.90 Å². The summed E-state index contributed by atoms with van der Waals surface area (Å²) in [5.41, 5.74) is 0. The molecule has 1 rings (SSSR count). The molecular formula is C16H27N3O2. The third-order valence-corrected chi connectivity index (χ3v) is 3.78. The minimum absolute atomic E-state index is 0.230. The van der Waals surface area contributed by atoms with Gasteiger partial charge in [0, 0.05) is 6.42 Å². The maximum Gasteiger partial charge on any atom is 0.325 e. The number of hydrogen-bond donors (Lipinski definition) is 1. The van der Waals surface area contributed by atoms with Crippen molar-refractivity contribution in [2.75, 3.05) is 6.54 Å². The van der Waals surface area contributed by atoms with Crippen molar-refractivity contribution >= 4 is 11.9 Å². The highest BCUT2D eigenvalue weighted by Gasteiger charge is 2.39. The van der Waals surface area contributed by atoms with Crippen LogP contribution in [-0.4, -0.2) is 29.4 Å². The van der Waals surface area contributed by atoms with Crippen LogP contribution in [0.5, 0.6) is 0 Å². The predicted octanol–water partition coefficient (Wildman–Crippen LogP) is 3.35. The Morgan fingerprint density at radius 2 is 1.67 bits per heavy atom. The highest BCUT2D eigenvalue weighted by molar-refractivity contribution is 5.95. The van der Waals surface area contributed by atoms with Gasteiger partial charge in [0.05, 0.1) is 12.6 Å². The molecule has 5 nitrogen and oxygen atoms in total. The zero-order valence-electron chi connectivity index (χ0n) is 13.1. The summed E-state index contributed by atoms with van der Waals surface area (Å²) >= 11 is 0. The first-order valence-electron chi connectivity index (χ1n) is 8.19. The first-order valence-corrected chi connectivity index (χ1v) is 8.19. The van der Waals surface area contributed by atoms with Crippen LogP contribution in [0.3, 0.4) is 0 Å². The number of nitrogens with zero attached hydrogens (tertiary/aromatic N) is 2. The molecule has 0 radical (unpaired) electrons. The van der Waals surface area contributed by atoms with E-state index in [-0.39, 0.29) is 11.9 Å². The van der Waals surface area contributed by atoms with Crippen LogP contribution in [0.1, 0.15) is 71.1 Å². The Labute approximate surface area is 127 Å². The lowest BCUT2D eigenvalue weighted by atomic mass is 10.1. The Bertz CT molecular complexity index is 376. The number of imide groups is 1. The molecule has 1 unspecified atom stereocenters. The molecule has 118 valence electrons. The topological polar surface area (TPSA) is 73.0 Å². The van der Waals surface area contributed by atoms with E-state index in [0.29, 0.717) is 13.0 Å². The molecular weight excluding hydrogens is 266 g/mol. The summed E-state index contributed by atoms with van der Waals surface area (Å²) in [6.45, 7) is 2.66. The summed E-state index contributed by atoms with van der Waals surface area (Å²) in [6, 6.07) is 1.21. The van der Waals surface area contributed by atoms with Gasteiger partial charge in [-0.05, 0) is 6.42 Å². The van der Waals surface area contributed by atoms with Crippen molar-refractivity contribution in [2.45, 2.75) is 77.2 Å². The van der Waals surface area contributed by atoms with E-state index in [1.807, 2.05) is 6.07 Å². The smallest absolute Gasteiger partial charge is 0.303 e. The Balaban J connectivity index is 1.90. The van der Waals surface area contributed by atoms with E-state index in [4.69, 9.17) is 5.26 Å². The van der Waals surface area contributed by atoms with E-state index < -0.39 is 6.03 Å². The number of amides is 3. The van der Waals surface area contributed by atoms with Gasteiger partial charge >= 0.3 is 6.03 Å². The molecule has 0 aromatic rings. The lowest BCUT2D eigenvalue weighted by molar-refractivity contribution is -0.120. The van der Waals surface area contributed by atoms with Gasteiger partial charge in [0.25, 0.3) is 0 Å². The Morgan fingerprint density at radius 1 is 1.10 bits per heavy atom. The summed E-state index contributed by atoms with van der Waals surface area (Å²) in [5.74, 6) is -0.230. The van der Waals surface area contributed by atoms with Crippen LogP contribution >= 0.6 is 0 Å². The lowest BCUT2D eigenvalue weighted by Gasteiger charge is -2.05. The molecule has 3 amide bonds. The summed E-state index contributed by atoms with van der Waals surface area (Å²) in [6.07, 6.45) is 11.2. The zero-order valence-corrected chi connectivity index (χ0v) is 13.1. The van der Waals surface area contributed by atoms with Crippen LogP contribution in [0, 0.1) is 11.3 Å². The van der Waals surface area contributed by atoms with Crippen LogP contribution in [0.4, 0.5) is 4.79 Å². The zero-order chi connectivity index (χ0) is 15.5. The number of urea groups is 1. The van der Waals surface area contributed by atoms with E-state index in [9.17, 15) is 9.59 Å². The molecule has 0 saturated carbocycles. The van der Waals surface area contributed by atoms with E-state index in [2.05, 4.69) is 12.2 Å². The average molecular weight is 293 g/mol. The number of nitriles is 1. The molecule has 1 saturated heterocycles. The fraction of sp³-hybridized carbons (Fsp3) is 0.812. The Hall–Kier alpha value is -1.57. The summed E-state index contributed by atoms with van der Waals surface area (Å²) in [7, 11) is 0. The molecule has 0 bridgehead atoms. The van der Waals surface area contributed by atoms with E-state index in [1.54, 1.807) is 0 Å². The van der Waals surface area contributed by atoms with Crippen molar-refractivity contribution < 1.29 is 9.59 Å². The quantitative estimate of drug-likeness (QED) is 0.496. The standard InChI is InChI=1S/C16H27N3O2/c1-2-3-4-5-6-7-8-9-10-11-15(20)18-16(21)19-13-14(19)12-17/h14H,2-11,13H2,1H3,(H,18,20,21). The monoisotopic (exact) mass is 293 g/mol. The molecule has 21 heavy (non-hydrogen) atoms. The second-order valence-electron chi connectivity index (χ2n) is 5.73. The summed E-state index contributed by atoms with van der Waals surface area (Å²) < 4.78 is 0. The largest absolute Gasteiger partial charge is 0.325 e. The molecule has 1 atom stereocenters. The molecule has 1 heterocycles. The predicted molar refractivity (Wildman–Crippen MR) is 81.5 cm³/mol. The molecule has 1 fully saturated rings. The molecule has 0 spiro atoms. The maximum absolute atomic E-state index is 11.5. The van der Waals surface area contributed by atoms with Gasteiger partial charge in [-0.15, -0.1) is 0 Å². The number of hydrogen-bond acceptors (Lipinski definition) is 3. The SMILES string of the molecule is CCCCCCCCCCCC(=O)NC(=O)N1CC1C#N. The molecule has 1 aliphatic heterocycles. The van der Waals surface area contributed by atoms with Crippen LogP contribution in [0.25, 0.3) is 0 Å². The van der Waals surface area contributed by atoms with Gasteiger partial charge in [-0.25, -0.2) is 4.79 Å². The Kier molecular flexibility index (Phi) is 8.49. The summed E-state index contributed by atoms with van der Waals surface area (Å²) in [5, 5.41) is 10.9. The first kappa shape index (κ1) is 17.5. The van der Waals surface area contributed by atoms with Crippen molar-refractivity contribution in [1.82, 2.24) is 10.2 Å². The second kappa shape index (κ2) is 10.2. The third-order valence-electron chi connectivity index (χ3n) is 3.78. The van der Waals surface area contributed by atoms with E-state index in [1.165, 1.54) is 43.4 Å². The van der Waals surface area contributed by atoms with Gasteiger partial charge in [0.2, 0.25) is 5.91 Å². The molecule has 1 aliphatic rings. The third kappa shape index (κ3) is 7.69. The van der Waals surface area contributed by atoms with Crippen LogP contribution in [0.15, 0.2) is 0 Å².